The summed E-state index contributed by atoms with van der Waals surface area (Å²) in [5, 5.41) is 11.5. The van der Waals surface area contributed by atoms with Gasteiger partial charge in [0.05, 0.1) is 5.60 Å². The van der Waals surface area contributed by atoms with Crippen molar-refractivity contribution in [1.29, 1.82) is 0 Å². The lowest BCUT2D eigenvalue weighted by Crippen LogP contribution is -2.54. The zero-order valence-electron chi connectivity index (χ0n) is 19.5. The molecule has 2 nitrogen and oxygen atoms in total. The van der Waals surface area contributed by atoms with Crippen molar-refractivity contribution in [2.75, 3.05) is 0 Å². The van der Waals surface area contributed by atoms with E-state index in [2.05, 4.69) is 40.7 Å². The molecule has 1 N–H and O–H groups in total. The second kappa shape index (κ2) is 7.50. The number of hydrogen-bond donors (Lipinski definition) is 1. The van der Waals surface area contributed by atoms with E-state index in [1.807, 2.05) is 6.08 Å². The molecule has 0 aromatic heterocycles. The topological polar surface area (TPSA) is 37.3 Å². The monoisotopic (exact) mass is 400 g/mol. The Morgan fingerprint density at radius 1 is 1.14 bits per heavy atom. The fraction of sp³-hybridized carbons (Fsp3) is 0.889. The van der Waals surface area contributed by atoms with Gasteiger partial charge < -0.3 is 5.11 Å². The highest BCUT2D eigenvalue weighted by Crippen LogP contribution is 2.68. The van der Waals surface area contributed by atoms with Crippen molar-refractivity contribution >= 4 is 5.78 Å². The maximum absolute atomic E-state index is 12.0. The number of hydrogen-bond acceptors (Lipinski definition) is 2. The molecule has 1 unspecified atom stereocenters. The van der Waals surface area contributed by atoms with Crippen LogP contribution in [-0.4, -0.2) is 16.5 Å². The van der Waals surface area contributed by atoms with E-state index in [4.69, 9.17) is 0 Å². The van der Waals surface area contributed by atoms with E-state index in [-0.39, 0.29) is 5.41 Å². The average molecular weight is 401 g/mol. The van der Waals surface area contributed by atoms with Gasteiger partial charge in [-0.25, -0.2) is 0 Å². The van der Waals surface area contributed by atoms with Crippen LogP contribution in [0.4, 0.5) is 0 Å². The number of fused-ring (bicyclic) bond motifs is 5. The van der Waals surface area contributed by atoms with Crippen LogP contribution in [0.5, 0.6) is 0 Å². The first-order chi connectivity index (χ1) is 13.6. The zero-order chi connectivity index (χ0) is 21.0. The van der Waals surface area contributed by atoms with Crippen LogP contribution >= 0.6 is 0 Å². The molecule has 3 saturated carbocycles. The van der Waals surface area contributed by atoms with E-state index in [0.717, 1.165) is 42.9 Å². The highest BCUT2D eigenvalue weighted by molar-refractivity contribution is 5.91. The number of aliphatic hydroxyl groups is 1. The van der Waals surface area contributed by atoms with Crippen LogP contribution in [0.2, 0.25) is 0 Å². The lowest BCUT2D eigenvalue weighted by atomic mass is 9.45. The van der Waals surface area contributed by atoms with Crippen molar-refractivity contribution in [3.05, 3.63) is 12.2 Å². The minimum Gasteiger partial charge on any atom is -0.390 e. The van der Waals surface area contributed by atoms with Crippen LogP contribution in [0.1, 0.15) is 98.8 Å². The molecule has 0 aromatic rings. The molecule has 4 rings (SSSR count). The summed E-state index contributed by atoms with van der Waals surface area (Å²) in [6.45, 7) is 11.7. The smallest absolute Gasteiger partial charge is 0.155 e. The van der Waals surface area contributed by atoms with E-state index >= 15 is 0 Å². The average Bonchev–Trinajstić information content (AvgIpc) is 3.00. The second-order valence-corrected chi connectivity index (χ2v) is 12.3. The summed E-state index contributed by atoms with van der Waals surface area (Å²) in [6.07, 6.45) is 15.8. The van der Waals surface area contributed by atoms with Crippen LogP contribution in [0.15, 0.2) is 12.2 Å². The Morgan fingerprint density at radius 2 is 1.90 bits per heavy atom. The van der Waals surface area contributed by atoms with Crippen LogP contribution in [0, 0.1) is 46.3 Å². The largest absolute Gasteiger partial charge is 0.390 e. The highest BCUT2D eigenvalue weighted by atomic mass is 16.3. The molecule has 0 spiro atoms. The van der Waals surface area contributed by atoms with E-state index in [0.29, 0.717) is 23.0 Å². The molecule has 0 saturated heterocycles. The summed E-state index contributed by atoms with van der Waals surface area (Å²) in [5.41, 5.74) is -0.0145. The van der Waals surface area contributed by atoms with Gasteiger partial charge in [-0.3, -0.25) is 4.79 Å². The van der Waals surface area contributed by atoms with Gasteiger partial charge in [0.2, 0.25) is 0 Å². The molecule has 0 bridgehead atoms. The predicted molar refractivity (Wildman–Crippen MR) is 119 cm³/mol. The van der Waals surface area contributed by atoms with Crippen molar-refractivity contribution in [1.82, 2.24) is 0 Å². The maximum Gasteiger partial charge on any atom is 0.155 e. The number of carbonyl (C=O) groups is 1. The van der Waals surface area contributed by atoms with Gasteiger partial charge in [0.1, 0.15) is 0 Å². The standard InChI is InChI=1S/C27H44O2/c1-18(2)7-6-14-27(5,29)24-11-10-22-21-9-8-19-17-20(28)12-15-25(19,3)23(21)13-16-26(22,24)4/h12,15,18-19,21-24,29H,6-11,13-14,16-17H2,1-5H3/t19?,21-,22-,23-,24-,25-,26-,27-/m0/s1. The first-order valence-electron chi connectivity index (χ1n) is 12.5. The third-order valence-corrected chi connectivity index (χ3v) is 10.3. The summed E-state index contributed by atoms with van der Waals surface area (Å²) in [4.78, 5) is 12.0. The molecule has 164 valence electrons. The number of allylic oxidation sites excluding steroid dienone is 2. The normalized spacial score (nSPS) is 46.2. The van der Waals surface area contributed by atoms with Gasteiger partial charge in [-0.15, -0.1) is 0 Å². The van der Waals surface area contributed by atoms with Crippen LogP contribution in [0.25, 0.3) is 0 Å². The van der Waals surface area contributed by atoms with E-state index < -0.39 is 5.60 Å². The molecule has 0 aromatic carbocycles. The molecule has 0 heterocycles. The molecule has 0 amide bonds. The fourth-order valence-corrected chi connectivity index (χ4v) is 8.70. The Bertz CT molecular complexity index is 661. The van der Waals surface area contributed by atoms with Gasteiger partial charge >= 0.3 is 0 Å². The first kappa shape index (κ1) is 21.6. The van der Waals surface area contributed by atoms with Gasteiger partial charge in [-0.1, -0.05) is 46.6 Å². The summed E-state index contributed by atoms with van der Waals surface area (Å²) < 4.78 is 0. The number of carbonyl (C=O) groups excluding carboxylic acids is 1. The Labute approximate surface area is 178 Å². The Balaban J connectivity index is 1.53. The summed E-state index contributed by atoms with van der Waals surface area (Å²) >= 11 is 0. The number of ketones is 1. The first-order valence-corrected chi connectivity index (χ1v) is 12.5. The maximum atomic E-state index is 12.0. The van der Waals surface area contributed by atoms with Crippen LogP contribution < -0.4 is 0 Å². The molecular weight excluding hydrogens is 356 g/mol. The summed E-state index contributed by atoms with van der Waals surface area (Å²) in [6, 6.07) is 0. The van der Waals surface area contributed by atoms with E-state index in [1.165, 1.54) is 44.9 Å². The lowest BCUT2D eigenvalue weighted by molar-refractivity contribution is -0.129. The van der Waals surface area contributed by atoms with Crippen molar-refractivity contribution in [2.24, 2.45) is 46.3 Å². The van der Waals surface area contributed by atoms with E-state index in [1.54, 1.807) is 0 Å². The van der Waals surface area contributed by atoms with Gasteiger partial charge in [0.15, 0.2) is 5.78 Å². The Kier molecular flexibility index (Phi) is 5.59. The molecule has 0 aliphatic heterocycles. The van der Waals surface area contributed by atoms with Crippen molar-refractivity contribution in [3.63, 3.8) is 0 Å². The molecule has 3 fully saturated rings. The van der Waals surface area contributed by atoms with Gasteiger partial charge in [-0.05, 0) is 104 Å². The lowest BCUT2D eigenvalue weighted by Gasteiger charge is -2.59. The highest BCUT2D eigenvalue weighted by Gasteiger charge is 2.61. The molecule has 4 aliphatic carbocycles. The third-order valence-electron chi connectivity index (χ3n) is 10.3. The fourth-order valence-electron chi connectivity index (χ4n) is 8.70. The molecule has 8 atom stereocenters. The summed E-state index contributed by atoms with van der Waals surface area (Å²) in [5.74, 6) is 4.33. The molecule has 4 aliphatic rings. The minimum atomic E-state index is -0.524. The summed E-state index contributed by atoms with van der Waals surface area (Å²) in [7, 11) is 0. The van der Waals surface area contributed by atoms with Crippen molar-refractivity contribution in [2.45, 2.75) is 104 Å². The van der Waals surface area contributed by atoms with Gasteiger partial charge in [-0.2, -0.15) is 0 Å². The Hall–Kier alpha value is -0.630. The van der Waals surface area contributed by atoms with Gasteiger partial charge in [0, 0.05) is 6.42 Å². The molecule has 2 heteroatoms. The van der Waals surface area contributed by atoms with Gasteiger partial charge in [0.25, 0.3) is 0 Å². The molecule has 29 heavy (non-hydrogen) atoms. The second-order valence-electron chi connectivity index (χ2n) is 12.3. The quantitative estimate of drug-likeness (QED) is 0.567. The number of rotatable bonds is 5. The van der Waals surface area contributed by atoms with Crippen molar-refractivity contribution in [3.8, 4) is 0 Å². The Morgan fingerprint density at radius 3 is 2.62 bits per heavy atom. The zero-order valence-corrected chi connectivity index (χ0v) is 19.5. The SMILES string of the molecule is CC(C)CCC[C@](C)(O)[C@H]1CC[C@H]2[C@@H]3CCC4CC(=O)C=C[C@]4(C)[C@H]3CC[C@@]21C. The molecular formula is C27H44O2. The third kappa shape index (κ3) is 3.56. The van der Waals surface area contributed by atoms with E-state index in [9.17, 15) is 9.90 Å². The molecule has 0 radical (unpaired) electrons. The van der Waals surface area contributed by atoms with Crippen molar-refractivity contribution < 1.29 is 9.90 Å². The van der Waals surface area contributed by atoms with Crippen LogP contribution in [-0.2, 0) is 4.79 Å². The van der Waals surface area contributed by atoms with Crippen LogP contribution in [0.3, 0.4) is 0 Å². The predicted octanol–water partition coefficient (Wildman–Crippen LogP) is 6.57. The minimum absolute atomic E-state index is 0.218.